The fraction of sp³-hybridized carbons (Fsp3) is 0.846. The number of amides is 1. The topological polar surface area (TPSA) is 84.0 Å². The standard InChI is InChI=1S/C13H22N2O5S/c1-20-13(17)11-4-3-7-15(11)12(16)10-5-8-14(9-6-10)21(2,18)19/h10-11H,3-9H2,1-2H3. The fourth-order valence-corrected chi connectivity index (χ4v) is 3.95. The highest BCUT2D eigenvalue weighted by Gasteiger charge is 2.39. The van der Waals surface area contributed by atoms with Crippen molar-refractivity contribution in [2.45, 2.75) is 31.7 Å². The molecule has 0 aromatic rings. The number of nitrogens with zero attached hydrogens (tertiary/aromatic N) is 2. The second-order valence-electron chi connectivity index (χ2n) is 5.65. The third kappa shape index (κ3) is 3.55. The van der Waals surface area contributed by atoms with Crippen LogP contribution in [0.25, 0.3) is 0 Å². The maximum atomic E-state index is 12.5. The van der Waals surface area contributed by atoms with Crippen LogP contribution in [0.3, 0.4) is 0 Å². The maximum absolute atomic E-state index is 12.5. The van der Waals surface area contributed by atoms with Crippen molar-refractivity contribution in [3.8, 4) is 0 Å². The predicted molar refractivity (Wildman–Crippen MR) is 75.9 cm³/mol. The first-order valence-corrected chi connectivity index (χ1v) is 9.03. The van der Waals surface area contributed by atoms with Crippen LogP contribution >= 0.6 is 0 Å². The second kappa shape index (κ2) is 6.31. The van der Waals surface area contributed by atoms with Gasteiger partial charge >= 0.3 is 5.97 Å². The fourth-order valence-electron chi connectivity index (χ4n) is 3.08. The average molecular weight is 318 g/mol. The first kappa shape index (κ1) is 16.2. The summed E-state index contributed by atoms with van der Waals surface area (Å²) in [6.07, 6.45) is 3.64. The molecule has 0 aromatic carbocycles. The number of hydrogen-bond acceptors (Lipinski definition) is 5. The maximum Gasteiger partial charge on any atom is 0.328 e. The molecule has 7 nitrogen and oxygen atoms in total. The summed E-state index contributed by atoms with van der Waals surface area (Å²) in [7, 11) is -1.86. The molecule has 0 aromatic heterocycles. The Labute approximate surface area is 125 Å². The first-order chi connectivity index (χ1) is 9.84. The number of esters is 1. The lowest BCUT2D eigenvalue weighted by molar-refractivity contribution is -0.152. The first-order valence-electron chi connectivity index (χ1n) is 7.18. The Morgan fingerprint density at radius 2 is 1.71 bits per heavy atom. The van der Waals surface area contributed by atoms with Gasteiger partial charge in [-0.15, -0.1) is 0 Å². The summed E-state index contributed by atoms with van der Waals surface area (Å²) in [5, 5.41) is 0. The van der Waals surface area contributed by atoms with E-state index in [1.807, 2.05) is 0 Å². The van der Waals surface area contributed by atoms with Gasteiger partial charge in [-0.1, -0.05) is 0 Å². The molecular formula is C13H22N2O5S. The Bertz CT molecular complexity index is 511. The number of rotatable bonds is 3. The summed E-state index contributed by atoms with van der Waals surface area (Å²) < 4.78 is 29.1. The number of likely N-dealkylation sites (tertiary alicyclic amines) is 1. The number of ether oxygens (including phenoxy) is 1. The number of sulfonamides is 1. The molecule has 0 saturated carbocycles. The van der Waals surface area contributed by atoms with Crippen LogP contribution in [0.15, 0.2) is 0 Å². The van der Waals surface area contributed by atoms with E-state index in [4.69, 9.17) is 4.74 Å². The van der Waals surface area contributed by atoms with Crippen LogP contribution in [0, 0.1) is 5.92 Å². The van der Waals surface area contributed by atoms with Gasteiger partial charge in [0, 0.05) is 25.6 Å². The third-order valence-electron chi connectivity index (χ3n) is 4.28. The number of carbonyl (C=O) groups is 2. The summed E-state index contributed by atoms with van der Waals surface area (Å²) >= 11 is 0. The van der Waals surface area contributed by atoms with Gasteiger partial charge in [-0.25, -0.2) is 17.5 Å². The van der Waals surface area contributed by atoms with Gasteiger partial charge in [-0.2, -0.15) is 0 Å². The lowest BCUT2D eigenvalue weighted by atomic mass is 9.96. The molecule has 1 unspecified atom stereocenters. The van der Waals surface area contributed by atoms with E-state index in [1.165, 1.54) is 17.7 Å². The highest BCUT2D eigenvalue weighted by atomic mass is 32.2. The highest BCUT2D eigenvalue weighted by molar-refractivity contribution is 7.88. The second-order valence-corrected chi connectivity index (χ2v) is 7.63. The van der Waals surface area contributed by atoms with Crippen molar-refractivity contribution in [3.05, 3.63) is 0 Å². The minimum Gasteiger partial charge on any atom is -0.467 e. The molecule has 1 amide bonds. The summed E-state index contributed by atoms with van der Waals surface area (Å²) in [6.45, 7) is 1.31. The highest BCUT2D eigenvalue weighted by Crippen LogP contribution is 2.26. The zero-order chi connectivity index (χ0) is 15.6. The molecule has 0 spiro atoms. The van der Waals surface area contributed by atoms with E-state index in [0.29, 0.717) is 38.9 Å². The van der Waals surface area contributed by atoms with Gasteiger partial charge in [0.2, 0.25) is 15.9 Å². The Morgan fingerprint density at radius 3 is 2.24 bits per heavy atom. The molecule has 0 N–H and O–H groups in total. The minimum absolute atomic E-state index is 0.0453. The number of carbonyl (C=O) groups excluding carboxylic acids is 2. The largest absolute Gasteiger partial charge is 0.467 e. The number of methoxy groups -OCH3 is 1. The van der Waals surface area contributed by atoms with E-state index in [1.54, 1.807) is 4.90 Å². The lowest BCUT2D eigenvalue weighted by Gasteiger charge is -2.33. The molecule has 0 bridgehead atoms. The van der Waals surface area contributed by atoms with E-state index >= 15 is 0 Å². The van der Waals surface area contributed by atoms with Gasteiger partial charge in [-0.05, 0) is 25.7 Å². The van der Waals surface area contributed by atoms with Crippen LogP contribution in [-0.2, 0) is 24.3 Å². The molecule has 120 valence electrons. The zero-order valence-electron chi connectivity index (χ0n) is 12.4. The zero-order valence-corrected chi connectivity index (χ0v) is 13.3. The van der Waals surface area contributed by atoms with Crippen LogP contribution in [0.2, 0.25) is 0 Å². The van der Waals surface area contributed by atoms with Gasteiger partial charge in [0.25, 0.3) is 0 Å². The normalized spacial score (nSPS) is 25.0. The SMILES string of the molecule is COC(=O)C1CCCN1C(=O)C1CCN(S(C)(=O)=O)CC1. The molecular weight excluding hydrogens is 296 g/mol. The molecule has 1 atom stereocenters. The van der Waals surface area contributed by atoms with Crippen molar-refractivity contribution in [2.24, 2.45) is 5.92 Å². The lowest BCUT2D eigenvalue weighted by Crippen LogP contribution is -2.47. The summed E-state index contributed by atoms with van der Waals surface area (Å²) in [6, 6.07) is -0.476. The molecule has 0 aliphatic carbocycles. The molecule has 2 fully saturated rings. The van der Waals surface area contributed by atoms with E-state index in [0.717, 1.165) is 6.42 Å². The van der Waals surface area contributed by atoms with E-state index in [-0.39, 0.29) is 17.8 Å². The molecule has 2 aliphatic rings. The summed E-state index contributed by atoms with van der Waals surface area (Å²) in [4.78, 5) is 25.8. The molecule has 2 heterocycles. The monoisotopic (exact) mass is 318 g/mol. The minimum atomic E-state index is -3.19. The molecule has 0 radical (unpaired) electrons. The van der Waals surface area contributed by atoms with Crippen molar-refractivity contribution in [1.82, 2.24) is 9.21 Å². The Morgan fingerprint density at radius 1 is 1.10 bits per heavy atom. The van der Waals surface area contributed by atoms with Gasteiger partial charge in [0.15, 0.2) is 0 Å². The van der Waals surface area contributed by atoms with Crippen LogP contribution in [0.1, 0.15) is 25.7 Å². The summed E-state index contributed by atoms with van der Waals surface area (Å²) in [5.74, 6) is -0.612. The van der Waals surface area contributed by atoms with Gasteiger partial charge < -0.3 is 9.64 Å². The van der Waals surface area contributed by atoms with Crippen molar-refractivity contribution < 1.29 is 22.7 Å². The molecule has 8 heteroatoms. The van der Waals surface area contributed by atoms with Crippen molar-refractivity contribution in [2.75, 3.05) is 33.0 Å². The van der Waals surface area contributed by atoms with E-state index in [9.17, 15) is 18.0 Å². The molecule has 2 aliphatic heterocycles. The van der Waals surface area contributed by atoms with Crippen LogP contribution in [0.5, 0.6) is 0 Å². The van der Waals surface area contributed by atoms with E-state index in [2.05, 4.69) is 0 Å². The van der Waals surface area contributed by atoms with Crippen molar-refractivity contribution >= 4 is 21.9 Å². The smallest absolute Gasteiger partial charge is 0.328 e. The van der Waals surface area contributed by atoms with Crippen molar-refractivity contribution in [1.29, 1.82) is 0 Å². The Hall–Kier alpha value is -1.15. The van der Waals surface area contributed by atoms with Gasteiger partial charge in [0.05, 0.1) is 13.4 Å². The third-order valence-corrected chi connectivity index (χ3v) is 5.58. The summed E-state index contributed by atoms with van der Waals surface area (Å²) in [5.41, 5.74) is 0. The molecule has 2 rings (SSSR count). The molecule has 2 saturated heterocycles. The van der Waals surface area contributed by atoms with Crippen molar-refractivity contribution in [3.63, 3.8) is 0 Å². The molecule has 21 heavy (non-hydrogen) atoms. The predicted octanol–water partition coefficient (Wildman–Crippen LogP) is -0.178. The van der Waals surface area contributed by atoms with E-state index < -0.39 is 16.1 Å². The number of hydrogen-bond donors (Lipinski definition) is 0. The Balaban J connectivity index is 1.97. The quantitative estimate of drug-likeness (QED) is 0.674. The Kier molecular flexibility index (Phi) is 4.88. The number of piperidine rings is 1. The average Bonchev–Trinajstić information content (AvgIpc) is 2.94. The van der Waals surface area contributed by atoms with Gasteiger partial charge in [-0.3, -0.25) is 4.79 Å². The van der Waals surface area contributed by atoms with Crippen LogP contribution < -0.4 is 0 Å². The van der Waals surface area contributed by atoms with Crippen LogP contribution in [0.4, 0.5) is 0 Å². The van der Waals surface area contributed by atoms with Gasteiger partial charge in [0.1, 0.15) is 6.04 Å². The van der Waals surface area contributed by atoms with Crippen LogP contribution in [-0.4, -0.2) is 68.5 Å².